The minimum atomic E-state index is -0.565. The van der Waals surface area contributed by atoms with Crippen LogP contribution in [0.2, 0.25) is 0 Å². The third kappa shape index (κ3) is 2.06. The van der Waals surface area contributed by atoms with Crippen LogP contribution in [0.1, 0.15) is 13.3 Å². The van der Waals surface area contributed by atoms with Crippen molar-refractivity contribution >= 4 is 10.8 Å². The Morgan fingerprint density at radius 1 is 1.56 bits per heavy atom. The van der Waals surface area contributed by atoms with Crippen molar-refractivity contribution in [2.24, 2.45) is 0 Å². The summed E-state index contributed by atoms with van der Waals surface area (Å²) in [6.45, 7) is 4.02. The molecule has 9 heavy (non-hydrogen) atoms. The minimum Gasteiger partial charge on any atom is -0.316 e. The molecule has 0 amide bonds. The molecule has 0 saturated carbocycles. The molecule has 1 N–H and O–H groups in total. The van der Waals surface area contributed by atoms with E-state index in [0.717, 1.165) is 25.3 Å². The van der Waals surface area contributed by atoms with Gasteiger partial charge in [0.15, 0.2) is 0 Å². The topological polar surface area (TPSA) is 29.1 Å². The van der Waals surface area contributed by atoms with Gasteiger partial charge in [-0.05, 0) is 13.0 Å². The van der Waals surface area contributed by atoms with Crippen LogP contribution in [-0.4, -0.2) is 28.3 Å². The van der Waals surface area contributed by atoms with Gasteiger partial charge in [-0.15, -0.1) is 0 Å². The third-order valence-corrected chi connectivity index (χ3v) is 3.40. The van der Waals surface area contributed by atoms with Gasteiger partial charge in [0.2, 0.25) is 0 Å². The minimum absolute atomic E-state index is 0.403. The van der Waals surface area contributed by atoms with Crippen LogP contribution < -0.4 is 5.32 Å². The summed E-state index contributed by atoms with van der Waals surface area (Å²) in [4.78, 5) is 0. The van der Waals surface area contributed by atoms with Crippen molar-refractivity contribution in [2.75, 3.05) is 18.8 Å². The third-order valence-electron chi connectivity index (χ3n) is 1.66. The van der Waals surface area contributed by atoms with Gasteiger partial charge < -0.3 is 5.32 Å². The normalized spacial score (nSPS) is 37.9. The van der Waals surface area contributed by atoms with Crippen LogP contribution in [0.4, 0.5) is 0 Å². The number of nitrogens with one attached hydrogen (secondary N) is 1. The molecule has 0 aromatic carbocycles. The summed E-state index contributed by atoms with van der Waals surface area (Å²) in [5.74, 6) is 0.834. The average molecular weight is 147 g/mol. The van der Waals surface area contributed by atoms with Crippen LogP contribution in [0.25, 0.3) is 0 Å². The smallest absolute Gasteiger partial charge is 0.0362 e. The molecule has 0 bridgehead atoms. The van der Waals surface area contributed by atoms with Crippen LogP contribution >= 0.6 is 0 Å². The molecule has 2 atom stereocenters. The van der Waals surface area contributed by atoms with E-state index >= 15 is 0 Å². The lowest BCUT2D eigenvalue weighted by molar-refractivity contribution is 0.667. The predicted octanol–water partition coefficient (Wildman–Crippen LogP) is 0.117. The van der Waals surface area contributed by atoms with Crippen molar-refractivity contribution in [3.05, 3.63) is 0 Å². The predicted molar refractivity (Wildman–Crippen MR) is 40.0 cm³/mol. The lowest BCUT2D eigenvalue weighted by Crippen LogP contribution is -2.16. The first-order chi connectivity index (χ1) is 4.30. The maximum absolute atomic E-state index is 11.1. The lowest BCUT2D eigenvalue weighted by atomic mass is 10.3. The van der Waals surface area contributed by atoms with Crippen LogP contribution in [0.5, 0.6) is 0 Å². The van der Waals surface area contributed by atoms with Gasteiger partial charge in [0, 0.05) is 28.3 Å². The van der Waals surface area contributed by atoms with E-state index in [0.29, 0.717) is 5.25 Å². The molecule has 54 valence electrons. The second-order valence-corrected chi connectivity index (χ2v) is 4.41. The fraction of sp³-hybridized carbons (Fsp3) is 1.00. The van der Waals surface area contributed by atoms with E-state index in [4.69, 9.17) is 0 Å². The Hall–Kier alpha value is 0.110. The van der Waals surface area contributed by atoms with Crippen molar-refractivity contribution in [1.82, 2.24) is 5.32 Å². The van der Waals surface area contributed by atoms with Gasteiger partial charge in [-0.1, -0.05) is 6.92 Å². The average Bonchev–Trinajstić information content (AvgIpc) is 1.99. The molecule has 0 aromatic heterocycles. The molecule has 3 heteroatoms. The summed E-state index contributed by atoms with van der Waals surface area (Å²) in [6, 6.07) is 0. The molecule has 0 spiro atoms. The van der Waals surface area contributed by atoms with Gasteiger partial charge in [0.1, 0.15) is 0 Å². The molecular weight excluding hydrogens is 134 g/mol. The standard InChI is InChI=1S/C6H13NOS/c1-6-2-3-7-4-5-9(6)8/h6-7H,2-5H2,1H3. The van der Waals surface area contributed by atoms with Gasteiger partial charge in [-0.2, -0.15) is 0 Å². The Morgan fingerprint density at radius 2 is 2.33 bits per heavy atom. The summed E-state index contributed by atoms with van der Waals surface area (Å²) in [5.41, 5.74) is 0. The van der Waals surface area contributed by atoms with E-state index < -0.39 is 10.8 Å². The maximum Gasteiger partial charge on any atom is 0.0362 e. The largest absolute Gasteiger partial charge is 0.316 e. The number of hydrogen-bond acceptors (Lipinski definition) is 2. The van der Waals surface area contributed by atoms with Crippen LogP contribution in [-0.2, 0) is 10.8 Å². The summed E-state index contributed by atoms with van der Waals surface area (Å²) >= 11 is 0. The SMILES string of the molecule is CC1CCNCCS1=O. The van der Waals surface area contributed by atoms with Gasteiger partial charge in [-0.25, -0.2) is 0 Å². The number of rotatable bonds is 0. The van der Waals surface area contributed by atoms with E-state index in [1.807, 2.05) is 0 Å². The summed E-state index contributed by atoms with van der Waals surface area (Å²) in [6.07, 6.45) is 1.06. The molecule has 1 rings (SSSR count). The first-order valence-electron chi connectivity index (χ1n) is 3.38. The van der Waals surface area contributed by atoms with Crippen molar-refractivity contribution in [3.63, 3.8) is 0 Å². The molecular formula is C6H13NOS. The molecule has 2 unspecified atom stereocenters. The summed E-state index contributed by atoms with van der Waals surface area (Å²) < 4.78 is 11.1. The Balaban J connectivity index is 2.41. The maximum atomic E-state index is 11.1. The van der Waals surface area contributed by atoms with Crippen LogP contribution in [0.15, 0.2) is 0 Å². The molecule has 0 radical (unpaired) electrons. The van der Waals surface area contributed by atoms with Crippen molar-refractivity contribution in [3.8, 4) is 0 Å². The van der Waals surface area contributed by atoms with E-state index in [1.54, 1.807) is 0 Å². The molecule has 0 aromatic rings. The van der Waals surface area contributed by atoms with E-state index in [9.17, 15) is 4.21 Å². The summed E-state index contributed by atoms with van der Waals surface area (Å²) in [5, 5.41) is 3.62. The highest BCUT2D eigenvalue weighted by Crippen LogP contribution is 2.02. The lowest BCUT2D eigenvalue weighted by Gasteiger charge is -2.03. The molecule has 1 fully saturated rings. The Labute approximate surface area is 58.5 Å². The molecule has 2 nitrogen and oxygen atoms in total. The fourth-order valence-electron chi connectivity index (χ4n) is 0.936. The monoisotopic (exact) mass is 147 g/mol. The fourth-order valence-corrected chi connectivity index (χ4v) is 2.06. The molecule has 1 saturated heterocycles. The zero-order valence-corrected chi connectivity index (χ0v) is 6.54. The Morgan fingerprint density at radius 3 is 3.11 bits per heavy atom. The van der Waals surface area contributed by atoms with Gasteiger partial charge in [0.05, 0.1) is 0 Å². The van der Waals surface area contributed by atoms with E-state index in [1.165, 1.54) is 0 Å². The van der Waals surface area contributed by atoms with Crippen LogP contribution in [0, 0.1) is 0 Å². The highest BCUT2D eigenvalue weighted by atomic mass is 32.2. The highest BCUT2D eigenvalue weighted by Gasteiger charge is 2.12. The second-order valence-electron chi connectivity index (χ2n) is 2.43. The molecule has 1 heterocycles. The van der Waals surface area contributed by atoms with Crippen molar-refractivity contribution in [1.29, 1.82) is 0 Å². The zero-order valence-electron chi connectivity index (χ0n) is 5.72. The summed E-state index contributed by atoms with van der Waals surface area (Å²) in [7, 11) is -0.565. The van der Waals surface area contributed by atoms with Crippen LogP contribution in [0.3, 0.4) is 0 Å². The van der Waals surface area contributed by atoms with Crippen molar-refractivity contribution in [2.45, 2.75) is 18.6 Å². The van der Waals surface area contributed by atoms with Gasteiger partial charge in [0.25, 0.3) is 0 Å². The zero-order chi connectivity index (χ0) is 6.69. The number of hydrogen-bond donors (Lipinski definition) is 1. The van der Waals surface area contributed by atoms with E-state index in [2.05, 4.69) is 12.2 Å². The molecule has 0 aliphatic carbocycles. The molecule has 1 aliphatic heterocycles. The van der Waals surface area contributed by atoms with E-state index in [-0.39, 0.29) is 0 Å². The first kappa shape index (κ1) is 7.22. The first-order valence-corrected chi connectivity index (χ1v) is 4.77. The van der Waals surface area contributed by atoms with Crippen molar-refractivity contribution < 1.29 is 4.21 Å². The molecule has 1 aliphatic rings. The van der Waals surface area contributed by atoms with Gasteiger partial charge in [-0.3, -0.25) is 4.21 Å². The Kier molecular flexibility index (Phi) is 2.66. The second kappa shape index (κ2) is 3.32. The quantitative estimate of drug-likeness (QED) is 0.527. The Bertz CT molecular complexity index is 116. The van der Waals surface area contributed by atoms with Gasteiger partial charge >= 0.3 is 0 Å². The highest BCUT2D eigenvalue weighted by molar-refractivity contribution is 7.85.